The van der Waals surface area contributed by atoms with E-state index in [0.717, 1.165) is 17.5 Å². The number of rotatable bonds is 3. The van der Waals surface area contributed by atoms with Crippen LogP contribution in [0.2, 0.25) is 0 Å². The molecule has 15 heavy (non-hydrogen) atoms. The first kappa shape index (κ1) is 11.6. The van der Waals surface area contributed by atoms with E-state index in [9.17, 15) is 5.11 Å². The van der Waals surface area contributed by atoms with Crippen LogP contribution in [0.25, 0.3) is 0 Å². The van der Waals surface area contributed by atoms with E-state index in [0.29, 0.717) is 12.3 Å². The van der Waals surface area contributed by atoms with Crippen molar-refractivity contribution in [3.63, 3.8) is 0 Å². The molecule has 3 unspecified atom stereocenters. The van der Waals surface area contributed by atoms with Gasteiger partial charge in [-0.1, -0.05) is 6.92 Å². The van der Waals surface area contributed by atoms with Crippen molar-refractivity contribution in [2.45, 2.75) is 32.0 Å². The molecule has 0 amide bonds. The van der Waals surface area contributed by atoms with Crippen molar-refractivity contribution in [3.05, 3.63) is 20.8 Å². The Hall–Kier alpha value is 0.1000. The molecule has 2 heterocycles. The van der Waals surface area contributed by atoms with Crippen molar-refractivity contribution in [2.24, 2.45) is 5.92 Å². The number of aliphatic hydroxyl groups is 1. The number of halogens is 1. The molecule has 1 N–H and O–H groups in total. The molecule has 1 aliphatic rings. The van der Waals surface area contributed by atoms with Gasteiger partial charge in [0, 0.05) is 27.8 Å². The summed E-state index contributed by atoms with van der Waals surface area (Å²) >= 11 is 5.09. The molecule has 0 aliphatic carbocycles. The summed E-state index contributed by atoms with van der Waals surface area (Å²) in [5.74, 6) is 0.475. The Balaban J connectivity index is 1.94. The summed E-state index contributed by atoms with van der Waals surface area (Å²) in [6, 6.07) is 2.06. The lowest BCUT2D eigenvalue weighted by Gasteiger charge is -2.20. The molecule has 4 heteroatoms. The smallest absolute Gasteiger partial charge is 0.0863 e. The fraction of sp³-hybridized carbons (Fsp3) is 0.636. The Bertz CT molecular complexity index is 326. The van der Waals surface area contributed by atoms with Crippen LogP contribution in [0.15, 0.2) is 15.9 Å². The van der Waals surface area contributed by atoms with Gasteiger partial charge in [0.1, 0.15) is 0 Å². The van der Waals surface area contributed by atoms with Gasteiger partial charge in [0.2, 0.25) is 0 Å². The number of thiophene rings is 1. The van der Waals surface area contributed by atoms with E-state index < -0.39 is 0 Å². The molecule has 0 saturated carbocycles. The van der Waals surface area contributed by atoms with Gasteiger partial charge in [-0.25, -0.2) is 0 Å². The number of hydrogen-bond donors (Lipinski definition) is 1. The molecule has 0 bridgehead atoms. The molecule has 0 aromatic carbocycles. The van der Waals surface area contributed by atoms with Gasteiger partial charge in [-0.3, -0.25) is 0 Å². The number of ether oxygens (including phenoxy) is 1. The van der Waals surface area contributed by atoms with Crippen molar-refractivity contribution in [1.82, 2.24) is 0 Å². The third kappa shape index (κ3) is 2.81. The highest BCUT2D eigenvalue weighted by molar-refractivity contribution is 9.10. The molecule has 0 radical (unpaired) electrons. The first-order chi connectivity index (χ1) is 7.16. The number of aliphatic hydroxyl groups excluding tert-OH is 1. The standard InChI is InChI=1S/C11H15BrO2S/c1-7-2-3-14-11(7)10(13)5-9-4-8(12)6-15-9/h4,6-7,10-11,13H,2-3,5H2,1H3. The Morgan fingerprint density at radius 1 is 1.73 bits per heavy atom. The van der Waals surface area contributed by atoms with Gasteiger partial charge in [-0.15, -0.1) is 11.3 Å². The zero-order valence-corrected chi connectivity index (χ0v) is 11.1. The Labute approximate surface area is 102 Å². The van der Waals surface area contributed by atoms with Crippen molar-refractivity contribution >= 4 is 27.3 Å². The van der Waals surface area contributed by atoms with E-state index >= 15 is 0 Å². The van der Waals surface area contributed by atoms with Gasteiger partial charge in [0.05, 0.1) is 12.2 Å². The minimum atomic E-state index is -0.368. The second-order valence-electron chi connectivity index (χ2n) is 4.10. The molecule has 1 aromatic rings. The van der Waals surface area contributed by atoms with Crippen LogP contribution < -0.4 is 0 Å². The van der Waals surface area contributed by atoms with E-state index in [4.69, 9.17) is 4.74 Å². The highest BCUT2D eigenvalue weighted by Crippen LogP contribution is 2.27. The Morgan fingerprint density at radius 2 is 2.53 bits per heavy atom. The zero-order valence-electron chi connectivity index (χ0n) is 8.65. The van der Waals surface area contributed by atoms with Gasteiger partial charge in [-0.2, -0.15) is 0 Å². The monoisotopic (exact) mass is 290 g/mol. The van der Waals surface area contributed by atoms with E-state index in [-0.39, 0.29) is 12.2 Å². The van der Waals surface area contributed by atoms with Gasteiger partial charge in [-0.05, 0) is 34.3 Å². The summed E-state index contributed by atoms with van der Waals surface area (Å²) in [5.41, 5.74) is 0. The van der Waals surface area contributed by atoms with Crippen LogP contribution in [0.3, 0.4) is 0 Å². The highest BCUT2D eigenvalue weighted by atomic mass is 79.9. The summed E-state index contributed by atoms with van der Waals surface area (Å²) < 4.78 is 6.64. The quantitative estimate of drug-likeness (QED) is 0.928. The lowest BCUT2D eigenvalue weighted by atomic mass is 9.97. The normalized spacial score (nSPS) is 28.2. The largest absolute Gasteiger partial charge is 0.390 e. The van der Waals surface area contributed by atoms with Crippen molar-refractivity contribution in [2.75, 3.05) is 6.61 Å². The minimum Gasteiger partial charge on any atom is -0.390 e. The molecule has 84 valence electrons. The molecule has 1 saturated heterocycles. The predicted molar refractivity (Wildman–Crippen MR) is 65.3 cm³/mol. The summed E-state index contributed by atoms with van der Waals surface area (Å²) in [6.07, 6.45) is 1.42. The zero-order chi connectivity index (χ0) is 10.8. The molecule has 1 fully saturated rings. The van der Waals surface area contributed by atoms with Crippen molar-refractivity contribution in [1.29, 1.82) is 0 Å². The third-order valence-corrected chi connectivity index (χ3v) is 4.58. The molecule has 1 aromatic heterocycles. The lowest BCUT2D eigenvalue weighted by molar-refractivity contribution is -0.0154. The summed E-state index contributed by atoms with van der Waals surface area (Å²) in [6.45, 7) is 2.93. The van der Waals surface area contributed by atoms with Crippen molar-refractivity contribution < 1.29 is 9.84 Å². The Kier molecular flexibility index (Phi) is 3.83. The van der Waals surface area contributed by atoms with Crippen LogP contribution in [-0.4, -0.2) is 23.9 Å². The molecular formula is C11H15BrO2S. The fourth-order valence-electron chi connectivity index (χ4n) is 1.99. The van der Waals surface area contributed by atoms with E-state index in [1.54, 1.807) is 11.3 Å². The topological polar surface area (TPSA) is 29.5 Å². The highest BCUT2D eigenvalue weighted by Gasteiger charge is 2.30. The first-order valence-electron chi connectivity index (χ1n) is 5.19. The first-order valence-corrected chi connectivity index (χ1v) is 6.86. The maximum atomic E-state index is 10.0. The summed E-state index contributed by atoms with van der Waals surface area (Å²) in [5, 5.41) is 12.1. The van der Waals surface area contributed by atoms with Crippen LogP contribution >= 0.6 is 27.3 Å². The molecule has 1 aliphatic heterocycles. The fourth-order valence-corrected chi connectivity index (χ4v) is 3.49. The SMILES string of the molecule is CC1CCOC1C(O)Cc1cc(Br)cs1. The maximum absolute atomic E-state index is 10.0. The Morgan fingerprint density at radius 3 is 3.07 bits per heavy atom. The van der Waals surface area contributed by atoms with E-state index in [1.807, 2.05) is 5.38 Å². The molecule has 0 spiro atoms. The molecule has 2 nitrogen and oxygen atoms in total. The van der Waals surface area contributed by atoms with Gasteiger partial charge >= 0.3 is 0 Å². The maximum Gasteiger partial charge on any atom is 0.0863 e. The van der Waals surface area contributed by atoms with Crippen LogP contribution in [0.1, 0.15) is 18.2 Å². The average Bonchev–Trinajstić information content (AvgIpc) is 2.75. The van der Waals surface area contributed by atoms with E-state index in [1.165, 1.54) is 4.88 Å². The van der Waals surface area contributed by atoms with Crippen LogP contribution in [0.4, 0.5) is 0 Å². The average molecular weight is 291 g/mol. The minimum absolute atomic E-state index is 0.0193. The lowest BCUT2D eigenvalue weighted by Crippen LogP contribution is -2.31. The summed E-state index contributed by atoms with van der Waals surface area (Å²) in [7, 11) is 0. The van der Waals surface area contributed by atoms with Crippen LogP contribution in [0.5, 0.6) is 0 Å². The van der Waals surface area contributed by atoms with Gasteiger partial charge in [0.25, 0.3) is 0 Å². The van der Waals surface area contributed by atoms with E-state index in [2.05, 4.69) is 28.9 Å². The van der Waals surface area contributed by atoms with Crippen LogP contribution in [0, 0.1) is 5.92 Å². The third-order valence-electron chi connectivity index (χ3n) is 2.86. The number of hydrogen-bond acceptors (Lipinski definition) is 3. The van der Waals surface area contributed by atoms with Gasteiger partial charge < -0.3 is 9.84 Å². The molecule has 3 atom stereocenters. The predicted octanol–water partition coefficient (Wildman–Crippen LogP) is 2.84. The summed E-state index contributed by atoms with van der Waals surface area (Å²) in [4.78, 5) is 1.21. The molecular weight excluding hydrogens is 276 g/mol. The molecule has 2 rings (SSSR count). The van der Waals surface area contributed by atoms with Crippen molar-refractivity contribution in [3.8, 4) is 0 Å². The second-order valence-corrected chi connectivity index (χ2v) is 6.02. The van der Waals surface area contributed by atoms with Crippen LogP contribution in [-0.2, 0) is 11.2 Å². The van der Waals surface area contributed by atoms with Gasteiger partial charge in [0.15, 0.2) is 0 Å². The second kappa shape index (κ2) is 4.95.